The van der Waals surface area contributed by atoms with Crippen LogP contribution in [-0.4, -0.2) is 40.1 Å². The van der Waals surface area contributed by atoms with Crippen molar-refractivity contribution in [1.29, 1.82) is 0 Å². The topological polar surface area (TPSA) is 108 Å². The quantitative estimate of drug-likeness (QED) is 0.592. The number of carboxylic acid groups (broad SMARTS) is 1. The number of carbonyl (C=O) groups excluding carboxylic acids is 2. The third-order valence-corrected chi connectivity index (χ3v) is 2.85. The maximum Gasteiger partial charge on any atom is 0.329 e. The Labute approximate surface area is 125 Å². The van der Waals surface area contributed by atoms with Gasteiger partial charge in [0, 0.05) is 5.54 Å². The van der Waals surface area contributed by atoms with Crippen molar-refractivity contribution in [1.82, 2.24) is 16.0 Å². The minimum absolute atomic E-state index is 0.304. The van der Waals surface area contributed by atoms with E-state index in [-0.39, 0.29) is 5.91 Å². The second-order valence-corrected chi connectivity index (χ2v) is 6.45. The molecule has 0 rings (SSSR count). The van der Waals surface area contributed by atoms with Crippen molar-refractivity contribution in [2.45, 2.75) is 71.5 Å². The number of aliphatic carboxylic acids is 1. The van der Waals surface area contributed by atoms with E-state index in [0.717, 1.165) is 0 Å². The van der Waals surface area contributed by atoms with Gasteiger partial charge in [0.05, 0.1) is 0 Å². The third-order valence-electron chi connectivity index (χ3n) is 2.85. The van der Waals surface area contributed by atoms with Gasteiger partial charge in [0.2, 0.25) is 5.91 Å². The highest BCUT2D eigenvalue weighted by molar-refractivity contribution is 5.90. The van der Waals surface area contributed by atoms with Gasteiger partial charge >= 0.3 is 12.0 Å². The summed E-state index contributed by atoms with van der Waals surface area (Å²) in [5, 5.41) is 16.8. The first kappa shape index (κ1) is 19.2. The van der Waals surface area contributed by atoms with Crippen molar-refractivity contribution in [3.63, 3.8) is 0 Å². The van der Waals surface area contributed by atoms with Crippen molar-refractivity contribution in [2.75, 3.05) is 0 Å². The molecule has 0 aromatic carbocycles. The van der Waals surface area contributed by atoms with Crippen LogP contribution in [0.4, 0.5) is 4.79 Å². The average Bonchev–Trinajstić information content (AvgIpc) is 2.26. The summed E-state index contributed by atoms with van der Waals surface area (Å²) < 4.78 is 0. The molecule has 0 saturated carbocycles. The zero-order chi connectivity index (χ0) is 16.8. The number of urea groups is 1. The molecule has 0 radical (unpaired) electrons. The molecular weight excluding hydrogens is 274 g/mol. The van der Waals surface area contributed by atoms with Crippen LogP contribution in [0.3, 0.4) is 0 Å². The number of rotatable bonds is 6. The molecule has 0 aliphatic carbocycles. The van der Waals surface area contributed by atoms with E-state index < -0.39 is 29.1 Å². The molecule has 0 spiro atoms. The molecule has 0 saturated heterocycles. The smallest absolute Gasteiger partial charge is 0.329 e. The predicted octanol–water partition coefficient (Wildman–Crippen LogP) is 1.23. The van der Waals surface area contributed by atoms with E-state index >= 15 is 0 Å². The van der Waals surface area contributed by atoms with Crippen LogP contribution in [0.1, 0.15) is 54.4 Å². The summed E-state index contributed by atoms with van der Waals surface area (Å²) in [6.45, 7) is 10.3. The second-order valence-electron chi connectivity index (χ2n) is 6.45. The zero-order valence-electron chi connectivity index (χ0n) is 13.7. The van der Waals surface area contributed by atoms with E-state index in [4.69, 9.17) is 0 Å². The van der Waals surface area contributed by atoms with E-state index in [2.05, 4.69) is 16.0 Å². The minimum Gasteiger partial charge on any atom is -0.480 e. The molecule has 4 N–H and O–H groups in total. The summed E-state index contributed by atoms with van der Waals surface area (Å²) in [6, 6.07) is -1.44. The van der Waals surface area contributed by atoms with Crippen LogP contribution >= 0.6 is 0 Å². The molecule has 2 unspecified atom stereocenters. The molecule has 0 aromatic heterocycles. The SMILES string of the molecule is CCCC(C)(NC(=O)NC(C)C(=O)NC(C)(C)C)C(=O)O. The molecule has 0 bridgehead atoms. The molecule has 0 heterocycles. The van der Waals surface area contributed by atoms with Crippen LogP contribution in [0.25, 0.3) is 0 Å². The molecule has 0 aliphatic heterocycles. The summed E-state index contributed by atoms with van der Waals surface area (Å²) in [5.74, 6) is -1.43. The molecule has 0 aromatic rings. The van der Waals surface area contributed by atoms with Gasteiger partial charge in [-0.05, 0) is 41.0 Å². The second kappa shape index (κ2) is 7.28. The third kappa shape index (κ3) is 6.97. The summed E-state index contributed by atoms with van der Waals surface area (Å²) >= 11 is 0. The number of hydrogen-bond donors (Lipinski definition) is 4. The van der Waals surface area contributed by atoms with E-state index in [1.54, 1.807) is 6.92 Å². The number of carbonyl (C=O) groups is 3. The number of hydrogen-bond acceptors (Lipinski definition) is 3. The van der Waals surface area contributed by atoms with E-state index in [1.807, 2.05) is 27.7 Å². The van der Waals surface area contributed by atoms with Crippen molar-refractivity contribution < 1.29 is 19.5 Å². The molecule has 0 aliphatic rings. The average molecular weight is 301 g/mol. The fourth-order valence-electron chi connectivity index (χ4n) is 1.75. The molecule has 3 amide bonds. The van der Waals surface area contributed by atoms with Gasteiger partial charge in [0.15, 0.2) is 0 Å². The van der Waals surface area contributed by atoms with E-state index in [9.17, 15) is 19.5 Å². The Balaban J connectivity index is 4.61. The Morgan fingerprint density at radius 2 is 1.62 bits per heavy atom. The van der Waals surface area contributed by atoms with E-state index in [0.29, 0.717) is 12.8 Å². The molecule has 21 heavy (non-hydrogen) atoms. The summed E-state index contributed by atoms with van der Waals surface area (Å²) in [4.78, 5) is 34.9. The van der Waals surface area contributed by atoms with Crippen LogP contribution in [-0.2, 0) is 9.59 Å². The van der Waals surface area contributed by atoms with Gasteiger partial charge in [-0.25, -0.2) is 9.59 Å². The summed E-state index contributed by atoms with van der Waals surface area (Å²) in [5.41, 5.74) is -1.75. The maximum atomic E-state index is 11.9. The van der Waals surface area contributed by atoms with E-state index in [1.165, 1.54) is 6.92 Å². The first-order valence-corrected chi connectivity index (χ1v) is 7.05. The Bertz CT molecular complexity index is 404. The Hall–Kier alpha value is -1.79. The lowest BCUT2D eigenvalue weighted by molar-refractivity contribution is -0.144. The van der Waals surface area contributed by atoms with Gasteiger partial charge in [0.1, 0.15) is 11.6 Å². The van der Waals surface area contributed by atoms with Gasteiger partial charge in [-0.15, -0.1) is 0 Å². The van der Waals surface area contributed by atoms with Crippen LogP contribution in [0.15, 0.2) is 0 Å². The van der Waals surface area contributed by atoms with Gasteiger partial charge in [-0.3, -0.25) is 4.79 Å². The van der Waals surface area contributed by atoms with Crippen molar-refractivity contribution in [3.8, 4) is 0 Å². The van der Waals surface area contributed by atoms with Gasteiger partial charge < -0.3 is 21.1 Å². The Morgan fingerprint density at radius 3 is 2.00 bits per heavy atom. The summed E-state index contributed by atoms with van der Waals surface area (Å²) in [6.07, 6.45) is 0.918. The fourth-order valence-corrected chi connectivity index (χ4v) is 1.75. The zero-order valence-corrected chi connectivity index (χ0v) is 13.7. The molecule has 122 valence electrons. The number of carboxylic acids is 1. The maximum absolute atomic E-state index is 11.9. The number of nitrogens with one attached hydrogen (secondary N) is 3. The Kier molecular flexibility index (Phi) is 6.66. The van der Waals surface area contributed by atoms with Gasteiger partial charge in [0.25, 0.3) is 0 Å². The Morgan fingerprint density at radius 1 is 1.10 bits per heavy atom. The highest BCUT2D eigenvalue weighted by atomic mass is 16.4. The van der Waals surface area contributed by atoms with Crippen LogP contribution in [0.5, 0.6) is 0 Å². The molecule has 7 nitrogen and oxygen atoms in total. The highest BCUT2D eigenvalue weighted by Gasteiger charge is 2.34. The molecule has 0 fully saturated rings. The summed E-state index contributed by atoms with van der Waals surface area (Å²) in [7, 11) is 0. The van der Waals surface area contributed by atoms with Gasteiger partial charge in [-0.1, -0.05) is 13.3 Å². The van der Waals surface area contributed by atoms with Crippen LogP contribution < -0.4 is 16.0 Å². The predicted molar refractivity (Wildman–Crippen MR) is 80.0 cm³/mol. The lowest BCUT2D eigenvalue weighted by atomic mass is 9.96. The molecule has 7 heteroatoms. The molecular formula is C14H27N3O4. The fraction of sp³-hybridized carbons (Fsp3) is 0.786. The molecule has 2 atom stereocenters. The van der Waals surface area contributed by atoms with Crippen molar-refractivity contribution in [2.24, 2.45) is 0 Å². The minimum atomic E-state index is -1.35. The van der Waals surface area contributed by atoms with Crippen LogP contribution in [0.2, 0.25) is 0 Å². The van der Waals surface area contributed by atoms with Crippen LogP contribution in [0, 0.1) is 0 Å². The van der Waals surface area contributed by atoms with Crippen molar-refractivity contribution in [3.05, 3.63) is 0 Å². The standard InChI is InChI=1S/C14H27N3O4/c1-7-8-14(6,11(19)20)17-12(21)15-9(2)10(18)16-13(3,4)5/h9H,7-8H2,1-6H3,(H,16,18)(H,19,20)(H2,15,17,21). The first-order chi connectivity index (χ1) is 9.41. The lowest BCUT2D eigenvalue weighted by Gasteiger charge is -2.28. The van der Waals surface area contributed by atoms with Crippen molar-refractivity contribution >= 4 is 17.9 Å². The monoisotopic (exact) mass is 301 g/mol. The largest absolute Gasteiger partial charge is 0.480 e. The lowest BCUT2D eigenvalue weighted by Crippen LogP contribution is -2.58. The van der Waals surface area contributed by atoms with Gasteiger partial charge in [-0.2, -0.15) is 0 Å². The highest BCUT2D eigenvalue weighted by Crippen LogP contribution is 2.12. The normalized spacial score (nSPS) is 15.5. The first-order valence-electron chi connectivity index (χ1n) is 7.05. The number of amides is 3.